The minimum atomic E-state index is -4.55. The Morgan fingerprint density at radius 3 is 1.29 bits per heavy atom. The highest BCUT2D eigenvalue weighted by Crippen LogP contribution is 2.38. The molecule has 0 aliphatic carbocycles. The van der Waals surface area contributed by atoms with E-state index in [-0.39, 0.29) is 32.9 Å². The third kappa shape index (κ3) is 2.46. The molecular weight excluding hydrogens is 334 g/mol. The molecule has 0 bridgehead atoms. The minimum Gasteiger partial charge on any atom is -0.253 e. The molecule has 0 aliphatic heterocycles. The Labute approximate surface area is 132 Å². The van der Waals surface area contributed by atoms with Crippen molar-refractivity contribution in [1.82, 2.24) is 9.97 Å². The predicted molar refractivity (Wildman–Crippen MR) is 76.5 cm³/mol. The lowest BCUT2D eigenvalue weighted by Gasteiger charge is -2.15. The fourth-order valence-electron chi connectivity index (χ4n) is 2.76. The van der Waals surface area contributed by atoms with Crippen LogP contribution in [0.4, 0.5) is 26.3 Å². The number of hydrogen-bond acceptors (Lipinski definition) is 2. The number of fused-ring (bicyclic) bond motifs is 3. The van der Waals surface area contributed by atoms with Gasteiger partial charge in [-0.15, -0.1) is 0 Å². The van der Waals surface area contributed by atoms with Crippen LogP contribution in [0.5, 0.6) is 0 Å². The van der Waals surface area contributed by atoms with Crippen LogP contribution in [-0.2, 0) is 12.4 Å². The van der Waals surface area contributed by atoms with Crippen molar-refractivity contribution in [2.75, 3.05) is 0 Å². The van der Waals surface area contributed by atoms with E-state index < -0.39 is 23.5 Å². The third-order valence-electron chi connectivity index (χ3n) is 4.02. The first-order valence-electron chi connectivity index (χ1n) is 6.84. The Morgan fingerprint density at radius 2 is 1.00 bits per heavy atom. The number of halogens is 6. The molecule has 0 fully saturated rings. The van der Waals surface area contributed by atoms with E-state index in [4.69, 9.17) is 0 Å². The summed E-state index contributed by atoms with van der Waals surface area (Å²) in [5, 5.41) is 0.424. The van der Waals surface area contributed by atoms with E-state index in [1.807, 2.05) is 0 Å². The molecule has 3 aromatic rings. The summed E-state index contributed by atoms with van der Waals surface area (Å²) in [6, 6.07) is 2.70. The van der Waals surface area contributed by atoms with Gasteiger partial charge >= 0.3 is 12.4 Å². The molecule has 3 rings (SSSR count). The van der Waals surface area contributed by atoms with Gasteiger partial charge in [-0.3, -0.25) is 9.97 Å². The molecule has 0 saturated heterocycles. The van der Waals surface area contributed by atoms with Crippen molar-refractivity contribution in [2.45, 2.75) is 26.2 Å². The molecule has 0 radical (unpaired) electrons. The first kappa shape index (κ1) is 16.5. The molecule has 0 atom stereocenters. The van der Waals surface area contributed by atoms with Crippen LogP contribution in [0.25, 0.3) is 21.8 Å². The van der Waals surface area contributed by atoms with Crippen LogP contribution in [0.1, 0.15) is 22.3 Å². The third-order valence-corrected chi connectivity index (χ3v) is 4.02. The lowest BCUT2D eigenvalue weighted by molar-refractivity contribution is -0.139. The Kier molecular flexibility index (Phi) is 3.47. The van der Waals surface area contributed by atoms with Crippen molar-refractivity contribution < 1.29 is 26.3 Å². The molecule has 0 saturated carbocycles. The van der Waals surface area contributed by atoms with E-state index >= 15 is 0 Å². The zero-order valence-electron chi connectivity index (χ0n) is 12.5. The molecule has 0 aliphatic rings. The second kappa shape index (κ2) is 5.06. The number of pyridine rings is 2. The van der Waals surface area contributed by atoms with Gasteiger partial charge in [0.1, 0.15) is 0 Å². The molecule has 0 amide bonds. The maximum atomic E-state index is 13.0. The summed E-state index contributed by atoms with van der Waals surface area (Å²) in [6.45, 7) is 2.60. The van der Waals surface area contributed by atoms with Gasteiger partial charge in [-0.2, -0.15) is 26.3 Å². The fraction of sp³-hybridized carbons (Fsp3) is 0.250. The highest BCUT2D eigenvalue weighted by molar-refractivity contribution is 6.05. The summed E-state index contributed by atoms with van der Waals surface area (Å²) >= 11 is 0. The van der Waals surface area contributed by atoms with E-state index in [2.05, 4.69) is 9.97 Å². The number of aryl methyl sites for hydroxylation is 2. The van der Waals surface area contributed by atoms with Crippen molar-refractivity contribution >= 4 is 21.8 Å². The topological polar surface area (TPSA) is 25.8 Å². The Hall–Kier alpha value is -2.38. The van der Waals surface area contributed by atoms with Gasteiger partial charge in [-0.1, -0.05) is 12.1 Å². The van der Waals surface area contributed by atoms with Crippen LogP contribution < -0.4 is 0 Å². The summed E-state index contributed by atoms with van der Waals surface area (Å²) in [5.41, 5.74) is -1.52. The van der Waals surface area contributed by atoms with Crippen molar-refractivity contribution in [3.05, 3.63) is 46.8 Å². The summed E-state index contributed by atoms with van der Waals surface area (Å²) < 4.78 is 77.7. The first-order valence-corrected chi connectivity index (χ1v) is 6.84. The van der Waals surface area contributed by atoms with Gasteiger partial charge in [-0.25, -0.2) is 0 Å². The second-order valence-corrected chi connectivity index (χ2v) is 5.45. The monoisotopic (exact) mass is 344 g/mol. The quantitative estimate of drug-likeness (QED) is 0.401. The fourth-order valence-corrected chi connectivity index (χ4v) is 2.76. The molecule has 126 valence electrons. The molecule has 0 spiro atoms. The number of hydrogen-bond donors (Lipinski definition) is 0. The smallest absolute Gasteiger partial charge is 0.253 e. The van der Waals surface area contributed by atoms with Gasteiger partial charge in [0.05, 0.1) is 22.2 Å². The van der Waals surface area contributed by atoms with E-state index in [0.29, 0.717) is 12.4 Å². The SMILES string of the molecule is Cc1c(C(F)(F)F)cnc2c1ccc1c(C)c(C(F)(F)F)cnc12. The van der Waals surface area contributed by atoms with Crippen molar-refractivity contribution in [3.63, 3.8) is 0 Å². The summed E-state index contributed by atoms with van der Waals surface area (Å²) in [5.74, 6) is 0. The molecule has 0 N–H and O–H groups in total. The molecule has 0 unspecified atom stereocenters. The summed E-state index contributed by atoms with van der Waals surface area (Å²) in [4.78, 5) is 7.61. The van der Waals surface area contributed by atoms with Gasteiger partial charge in [0.2, 0.25) is 0 Å². The zero-order valence-corrected chi connectivity index (χ0v) is 12.5. The lowest BCUT2D eigenvalue weighted by Crippen LogP contribution is -2.10. The van der Waals surface area contributed by atoms with E-state index in [0.717, 1.165) is 0 Å². The lowest BCUT2D eigenvalue weighted by atomic mass is 9.99. The minimum absolute atomic E-state index is 0.0336. The van der Waals surface area contributed by atoms with E-state index in [1.165, 1.54) is 26.0 Å². The average Bonchev–Trinajstić information content (AvgIpc) is 2.45. The molecular formula is C16H10F6N2. The van der Waals surface area contributed by atoms with Crippen molar-refractivity contribution in [3.8, 4) is 0 Å². The maximum absolute atomic E-state index is 13.0. The van der Waals surface area contributed by atoms with Crippen LogP contribution in [0.3, 0.4) is 0 Å². The standard InChI is InChI=1S/C16H10F6N2/c1-7-9-3-4-10-8(2)12(16(20,21)22)6-24-14(10)13(9)23-5-11(7)15(17,18)19/h3-6H,1-2H3. The van der Waals surface area contributed by atoms with Crippen LogP contribution in [0.15, 0.2) is 24.5 Å². The average molecular weight is 344 g/mol. The van der Waals surface area contributed by atoms with Crippen LogP contribution in [0.2, 0.25) is 0 Å². The Balaban J connectivity index is 2.37. The highest BCUT2D eigenvalue weighted by atomic mass is 19.4. The summed E-state index contributed by atoms with van der Waals surface area (Å²) in [6.07, 6.45) is -7.73. The number of nitrogens with zero attached hydrogens (tertiary/aromatic N) is 2. The molecule has 24 heavy (non-hydrogen) atoms. The zero-order chi connectivity index (χ0) is 17.9. The van der Waals surface area contributed by atoms with Crippen LogP contribution >= 0.6 is 0 Å². The molecule has 2 nitrogen and oxygen atoms in total. The van der Waals surface area contributed by atoms with Gasteiger partial charge in [0.25, 0.3) is 0 Å². The van der Waals surface area contributed by atoms with Gasteiger partial charge in [-0.05, 0) is 25.0 Å². The maximum Gasteiger partial charge on any atom is 0.418 e. The normalized spacial score (nSPS) is 13.0. The van der Waals surface area contributed by atoms with E-state index in [9.17, 15) is 26.3 Å². The highest BCUT2D eigenvalue weighted by Gasteiger charge is 2.35. The van der Waals surface area contributed by atoms with E-state index in [1.54, 1.807) is 0 Å². The Morgan fingerprint density at radius 1 is 0.667 bits per heavy atom. The molecule has 2 heterocycles. The Bertz CT molecular complexity index is 878. The van der Waals surface area contributed by atoms with Gasteiger partial charge in [0.15, 0.2) is 0 Å². The second-order valence-electron chi connectivity index (χ2n) is 5.45. The molecule has 8 heteroatoms. The number of benzene rings is 1. The number of aromatic nitrogens is 2. The molecule has 2 aromatic heterocycles. The van der Waals surface area contributed by atoms with Crippen LogP contribution in [0, 0.1) is 13.8 Å². The first-order chi connectivity index (χ1) is 11.0. The number of rotatable bonds is 0. The largest absolute Gasteiger partial charge is 0.418 e. The predicted octanol–water partition coefficient (Wildman–Crippen LogP) is 5.44. The molecule has 1 aromatic carbocycles. The van der Waals surface area contributed by atoms with Crippen molar-refractivity contribution in [1.29, 1.82) is 0 Å². The van der Waals surface area contributed by atoms with Crippen LogP contribution in [-0.4, -0.2) is 9.97 Å². The summed E-state index contributed by atoms with van der Waals surface area (Å²) in [7, 11) is 0. The van der Waals surface area contributed by atoms with Gasteiger partial charge in [0, 0.05) is 23.2 Å². The van der Waals surface area contributed by atoms with Gasteiger partial charge < -0.3 is 0 Å². The number of alkyl halides is 6. The van der Waals surface area contributed by atoms with Crippen molar-refractivity contribution in [2.24, 2.45) is 0 Å².